The largest absolute Gasteiger partial charge is 0.435 e. The molecule has 0 radical (unpaired) electrons. The SMILES string of the molecule is CC(C)C(C)(CC(C)(C)C)C(=O)OC(CC(C)(C)C)OC1C2CC3CC34CC1C4C2. The fraction of sp³-hybridized carbons (Fsp3) is 0.963. The molecule has 4 rings (SSSR count). The molecule has 0 aromatic carbocycles. The molecular weight excluding hydrogens is 372 g/mol. The van der Waals surface area contributed by atoms with Crippen molar-refractivity contribution in [2.75, 3.05) is 0 Å². The van der Waals surface area contributed by atoms with Gasteiger partial charge in [0, 0.05) is 6.42 Å². The lowest BCUT2D eigenvalue weighted by Gasteiger charge is -2.45. The molecule has 0 heterocycles. The van der Waals surface area contributed by atoms with Gasteiger partial charge in [0.1, 0.15) is 0 Å². The number of ether oxygens (including phenoxy) is 2. The Morgan fingerprint density at radius 2 is 1.67 bits per heavy atom. The summed E-state index contributed by atoms with van der Waals surface area (Å²) < 4.78 is 13.0. The summed E-state index contributed by atoms with van der Waals surface area (Å²) in [6.07, 6.45) is 7.02. The third-order valence-electron chi connectivity index (χ3n) is 9.15. The van der Waals surface area contributed by atoms with Crippen molar-refractivity contribution in [1.82, 2.24) is 0 Å². The second-order valence-electron chi connectivity index (χ2n) is 14.4. The number of esters is 1. The van der Waals surface area contributed by atoms with E-state index in [0.29, 0.717) is 12.0 Å². The van der Waals surface area contributed by atoms with E-state index < -0.39 is 11.7 Å². The molecule has 8 unspecified atom stereocenters. The maximum absolute atomic E-state index is 13.5. The molecule has 4 aliphatic carbocycles. The number of hydrogen-bond acceptors (Lipinski definition) is 3. The first-order valence-electron chi connectivity index (χ1n) is 12.5. The molecular formula is C27H46O3. The smallest absolute Gasteiger partial charge is 0.314 e. The van der Waals surface area contributed by atoms with E-state index in [1.165, 1.54) is 25.7 Å². The number of carbonyl (C=O) groups excluding carboxylic acids is 1. The second-order valence-corrected chi connectivity index (χ2v) is 14.4. The van der Waals surface area contributed by atoms with Gasteiger partial charge in [-0.15, -0.1) is 0 Å². The zero-order valence-corrected chi connectivity index (χ0v) is 21.0. The molecule has 0 aromatic heterocycles. The van der Waals surface area contributed by atoms with Crippen LogP contribution in [-0.4, -0.2) is 18.4 Å². The van der Waals surface area contributed by atoms with E-state index in [2.05, 4.69) is 62.3 Å². The summed E-state index contributed by atoms with van der Waals surface area (Å²) >= 11 is 0. The van der Waals surface area contributed by atoms with Crippen molar-refractivity contribution in [3.63, 3.8) is 0 Å². The predicted molar refractivity (Wildman–Crippen MR) is 121 cm³/mol. The van der Waals surface area contributed by atoms with Gasteiger partial charge in [0.05, 0.1) is 11.5 Å². The van der Waals surface area contributed by atoms with Crippen LogP contribution in [0.25, 0.3) is 0 Å². The standard InChI is InChI=1S/C27H46O3/c1-16(2)26(9,15-25(6,7)8)23(28)30-21(14-24(3,4)5)29-22-17-10-18-12-27(18)13-19(22)20(27)11-17/h16-22H,10-15H2,1-9H3. The number of fused-ring (bicyclic) bond motifs is 1. The lowest BCUT2D eigenvalue weighted by Crippen LogP contribution is -2.44. The minimum Gasteiger partial charge on any atom is -0.435 e. The second kappa shape index (κ2) is 6.96. The average Bonchev–Trinajstić information content (AvgIpc) is 3.24. The van der Waals surface area contributed by atoms with Crippen LogP contribution in [0.15, 0.2) is 0 Å². The first-order valence-corrected chi connectivity index (χ1v) is 12.5. The Bertz CT molecular complexity index is 676. The molecule has 1 spiro atoms. The van der Waals surface area contributed by atoms with Crippen molar-refractivity contribution in [2.45, 2.75) is 113 Å². The molecule has 8 atom stereocenters. The van der Waals surface area contributed by atoms with E-state index >= 15 is 0 Å². The minimum absolute atomic E-state index is 0.0554. The van der Waals surface area contributed by atoms with Crippen LogP contribution in [0.1, 0.15) is 101 Å². The van der Waals surface area contributed by atoms with Crippen molar-refractivity contribution >= 4 is 5.97 Å². The molecule has 3 nitrogen and oxygen atoms in total. The lowest BCUT2D eigenvalue weighted by molar-refractivity contribution is -0.220. The highest BCUT2D eigenvalue weighted by molar-refractivity contribution is 5.77. The Balaban J connectivity index is 1.48. The third-order valence-corrected chi connectivity index (χ3v) is 9.15. The summed E-state index contributed by atoms with van der Waals surface area (Å²) in [5.41, 5.74) is 0.353. The van der Waals surface area contributed by atoms with Gasteiger partial charge in [-0.3, -0.25) is 4.79 Å². The zero-order chi connectivity index (χ0) is 22.3. The summed E-state index contributed by atoms with van der Waals surface area (Å²) in [7, 11) is 0. The van der Waals surface area contributed by atoms with E-state index in [0.717, 1.165) is 36.0 Å². The molecule has 0 N–H and O–H groups in total. The van der Waals surface area contributed by atoms with Gasteiger partial charge >= 0.3 is 5.97 Å². The predicted octanol–water partition coefficient (Wildman–Crippen LogP) is 6.84. The van der Waals surface area contributed by atoms with E-state index in [1.54, 1.807) is 0 Å². The van der Waals surface area contributed by atoms with Gasteiger partial charge in [0.25, 0.3) is 0 Å². The summed E-state index contributed by atoms with van der Waals surface area (Å²) in [6, 6.07) is 0. The Kier molecular flexibility index (Phi) is 5.25. The van der Waals surface area contributed by atoms with Gasteiger partial charge in [0.15, 0.2) is 0 Å². The molecule has 0 amide bonds. The molecule has 0 saturated heterocycles. The van der Waals surface area contributed by atoms with Crippen LogP contribution >= 0.6 is 0 Å². The minimum atomic E-state index is -0.495. The van der Waals surface area contributed by atoms with Crippen molar-refractivity contribution in [3.05, 3.63) is 0 Å². The summed E-state index contributed by atoms with van der Waals surface area (Å²) in [4.78, 5) is 13.5. The molecule has 30 heavy (non-hydrogen) atoms. The van der Waals surface area contributed by atoms with Crippen molar-refractivity contribution in [2.24, 2.45) is 51.2 Å². The highest BCUT2D eigenvalue weighted by Gasteiger charge is 2.76. The van der Waals surface area contributed by atoms with Gasteiger partial charge in [-0.1, -0.05) is 55.4 Å². The monoisotopic (exact) mass is 418 g/mol. The van der Waals surface area contributed by atoms with E-state index in [9.17, 15) is 4.79 Å². The number of carbonyl (C=O) groups is 1. The van der Waals surface area contributed by atoms with Crippen molar-refractivity contribution in [3.8, 4) is 0 Å². The summed E-state index contributed by atoms with van der Waals surface area (Å²) in [5.74, 6) is 3.44. The van der Waals surface area contributed by atoms with Gasteiger partial charge < -0.3 is 9.47 Å². The van der Waals surface area contributed by atoms with Crippen LogP contribution in [0.4, 0.5) is 0 Å². The van der Waals surface area contributed by atoms with Crippen LogP contribution in [0.3, 0.4) is 0 Å². The maximum atomic E-state index is 13.5. The highest BCUT2D eigenvalue weighted by atomic mass is 16.7. The Morgan fingerprint density at radius 3 is 2.23 bits per heavy atom. The average molecular weight is 419 g/mol. The number of rotatable bonds is 7. The Morgan fingerprint density at radius 1 is 1.00 bits per heavy atom. The fourth-order valence-electron chi connectivity index (χ4n) is 7.45. The third kappa shape index (κ3) is 3.86. The maximum Gasteiger partial charge on any atom is 0.314 e. The first-order chi connectivity index (χ1) is 13.6. The van der Waals surface area contributed by atoms with E-state index in [4.69, 9.17) is 9.47 Å². The quantitative estimate of drug-likeness (QED) is 0.335. The van der Waals surface area contributed by atoms with Crippen LogP contribution in [0.5, 0.6) is 0 Å². The van der Waals surface area contributed by atoms with Gasteiger partial charge in [0.2, 0.25) is 6.29 Å². The fourth-order valence-corrected chi connectivity index (χ4v) is 7.45. The zero-order valence-electron chi connectivity index (χ0n) is 21.0. The Labute approximate surface area is 185 Å². The first kappa shape index (κ1) is 22.6. The van der Waals surface area contributed by atoms with Gasteiger partial charge in [-0.2, -0.15) is 0 Å². The molecule has 4 fully saturated rings. The normalized spacial score (nSPS) is 39.7. The molecule has 4 saturated carbocycles. The summed E-state index contributed by atoms with van der Waals surface area (Å²) in [5, 5.41) is 0. The van der Waals surface area contributed by atoms with Crippen molar-refractivity contribution in [1.29, 1.82) is 0 Å². The van der Waals surface area contributed by atoms with Crippen LogP contribution in [0.2, 0.25) is 0 Å². The van der Waals surface area contributed by atoms with Crippen LogP contribution in [-0.2, 0) is 14.3 Å². The molecule has 3 heteroatoms. The van der Waals surface area contributed by atoms with Crippen molar-refractivity contribution < 1.29 is 14.3 Å². The van der Waals surface area contributed by atoms with Crippen LogP contribution in [0, 0.1) is 51.2 Å². The molecule has 0 aromatic rings. The lowest BCUT2D eigenvalue weighted by atomic mass is 9.61. The molecule has 172 valence electrons. The molecule has 4 aliphatic rings. The van der Waals surface area contributed by atoms with E-state index in [-0.39, 0.29) is 22.7 Å². The molecule has 0 aliphatic heterocycles. The van der Waals surface area contributed by atoms with Gasteiger partial charge in [-0.25, -0.2) is 0 Å². The van der Waals surface area contributed by atoms with E-state index in [1.807, 2.05) is 0 Å². The molecule has 2 bridgehead atoms. The Hall–Kier alpha value is -0.570. The highest BCUT2D eigenvalue weighted by Crippen LogP contribution is 2.81. The topological polar surface area (TPSA) is 35.5 Å². The number of hydrogen-bond donors (Lipinski definition) is 0. The van der Waals surface area contributed by atoms with Gasteiger partial charge in [-0.05, 0) is 84.9 Å². The van der Waals surface area contributed by atoms with Crippen LogP contribution < -0.4 is 0 Å². The summed E-state index contributed by atoms with van der Waals surface area (Å²) in [6.45, 7) is 19.7.